The Bertz CT molecular complexity index is 1020. The number of anilines is 2. The van der Waals surface area contributed by atoms with Gasteiger partial charge >= 0.3 is 0 Å². The third kappa shape index (κ3) is 5.03. The molecule has 156 valence electrons. The molecule has 3 rings (SSSR count). The quantitative estimate of drug-likeness (QED) is 0.637. The molecular weight excluding hydrogens is 391 g/mol. The number of nitrogens with zero attached hydrogens (tertiary/aromatic N) is 4. The molecule has 9 heteroatoms. The minimum atomic E-state index is -0.315. The van der Waals surface area contributed by atoms with Crippen molar-refractivity contribution >= 4 is 33.2 Å². The Morgan fingerprint density at radius 3 is 2.69 bits per heavy atom. The van der Waals surface area contributed by atoms with E-state index in [4.69, 9.17) is 4.98 Å². The smallest absolute Gasteiger partial charge is 0.239 e. The fourth-order valence-corrected chi connectivity index (χ4v) is 3.71. The summed E-state index contributed by atoms with van der Waals surface area (Å²) in [5.41, 5.74) is 1.08. The standard InChI is InChI=1S/C20H27FN6OS/c1-12(2)22-15(28)11-26(6)19-25-27-17(24-20(3,4)5)16(23-18(27)29-19)13-8-7-9-14(21)10-13/h7-10,12,24H,11H2,1-6H3,(H,22,28). The van der Waals surface area contributed by atoms with E-state index in [2.05, 4.69) is 15.7 Å². The van der Waals surface area contributed by atoms with Crippen LogP contribution in [-0.2, 0) is 4.79 Å². The van der Waals surface area contributed by atoms with E-state index in [9.17, 15) is 9.18 Å². The molecule has 0 radical (unpaired) electrons. The van der Waals surface area contributed by atoms with Gasteiger partial charge in [-0.05, 0) is 46.8 Å². The van der Waals surface area contributed by atoms with Crippen molar-refractivity contribution in [3.8, 4) is 11.3 Å². The fourth-order valence-electron chi connectivity index (χ4n) is 2.85. The first-order chi connectivity index (χ1) is 13.5. The predicted octanol–water partition coefficient (Wildman–Crippen LogP) is 3.77. The molecule has 0 atom stereocenters. The summed E-state index contributed by atoms with van der Waals surface area (Å²) >= 11 is 1.38. The van der Waals surface area contributed by atoms with Crippen LogP contribution in [0.2, 0.25) is 0 Å². The number of imidazole rings is 1. The van der Waals surface area contributed by atoms with Crippen LogP contribution in [0.15, 0.2) is 24.3 Å². The number of nitrogens with one attached hydrogen (secondary N) is 2. The number of rotatable bonds is 6. The second-order valence-electron chi connectivity index (χ2n) is 8.35. The summed E-state index contributed by atoms with van der Waals surface area (Å²) in [5.74, 6) is 0.314. The summed E-state index contributed by atoms with van der Waals surface area (Å²) < 4.78 is 15.5. The van der Waals surface area contributed by atoms with Crippen LogP contribution in [0.5, 0.6) is 0 Å². The maximum absolute atomic E-state index is 13.8. The van der Waals surface area contributed by atoms with E-state index >= 15 is 0 Å². The lowest BCUT2D eigenvalue weighted by molar-refractivity contribution is -0.120. The van der Waals surface area contributed by atoms with Gasteiger partial charge in [0.15, 0.2) is 5.82 Å². The lowest BCUT2D eigenvalue weighted by atomic mass is 10.1. The molecule has 0 spiro atoms. The third-order valence-electron chi connectivity index (χ3n) is 3.94. The van der Waals surface area contributed by atoms with E-state index in [0.29, 0.717) is 27.2 Å². The molecule has 0 fully saturated rings. The Hall–Kier alpha value is -2.68. The largest absolute Gasteiger partial charge is 0.364 e. The first-order valence-electron chi connectivity index (χ1n) is 9.47. The number of halogens is 1. The maximum Gasteiger partial charge on any atom is 0.239 e. The fraction of sp³-hybridized carbons (Fsp3) is 0.450. The molecule has 0 saturated heterocycles. The van der Waals surface area contributed by atoms with Crippen molar-refractivity contribution in [2.45, 2.75) is 46.2 Å². The van der Waals surface area contributed by atoms with Gasteiger partial charge in [0, 0.05) is 24.2 Å². The Morgan fingerprint density at radius 1 is 1.34 bits per heavy atom. The first kappa shape index (κ1) is 21.0. The zero-order valence-electron chi connectivity index (χ0n) is 17.6. The van der Waals surface area contributed by atoms with Crippen molar-refractivity contribution in [2.75, 3.05) is 23.8 Å². The molecule has 2 N–H and O–H groups in total. The minimum Gasteiger partial charge on any atom is -0.364 e. The van der Waals surface area contributed by atoms with Crippen molar-refractivity contribution in [3.05, 3.63) is 30.1 Å². The van der Waals surface area contributed by atoms with Gasteiger partial charge in [0.2, 0.25) is 16.0 Å². The summed E-state index contributed by atoms with van der Waals surface area (Å²) in [6.45, 7) is 10.2. The number of hydrogen-bond acceptors (Lipinski definition) is 6. The lowest BCUT2D eigenvalue weighted by Crippen LogP contribution is -2.38. The van der Waals surface area contributed by atoms with Crippen molar-refractivity contribution in [3.63, 3.8) is 0 Å². The Labute approximate surface area is 173 Å². The highest BCUT2D eigenvalue weighted by atomic mass is 32.1. The monoisotopic (exact) mass is 418 g/mol. The molecule has 0 aliphatic heterocycles. The molecule has 3 aromatic rings. The number of hydrogen-bond donors (Lipinski definition) is 2. The van der Waals surface area contributed by atoms with Gasteiger partial charge in [0.05, 0.1) is 6.54 Å². The average molecular weight is 419 g/mol. The van der Waals surface area contributed by atoms with Gasteiger partial charge in [-0.25, -0.2) is 9.37 Å². The van der Waals surface area contributed by atoms with Crippen LogP contribution >= 0.6 is 11.3 Å². The van der Waals surface area contributed by atoms with Crippen LogP contribution in [0.3, 0.4) is 0 Å². The second-order valence-corrected chi connectivity index (χ2v) is 9.29. The molecule has 2 aromatic heterocycles. The van der Waals surface area contributed by atoms with Crippen molar-refractivity contribution in [2.24, 2.45) is 0 Å². The van der Waals surface area contributed by atoms with Crippen LogP contribution < -0.4 is 15.5 Å². The highest BCUT2D eigenvalue weighted by Crippen LogP contribution is 2.34. The van der Waals surface area contributed by atoms with Crippen molar-refractivity contribution < 1.29 is 9.18 Å². The lowest BCUT2D eigenvalue weighted by Gasteiger charge is -2.22. The third-order valence-corrected chi connectivity index (χ3v) is 4.96. The van der Waals surface area contributed by atoms with E-state index in [-0.39, 0.29) is 29.8 Å². The number of likely N-dealkylation sites (N-methyl/N-ethyl adjacent to an activating group) is 1. The van der Waals surface area contributed by atoms with Crippen LogP contribution in [0.1, 0.15) is 34.6 Å². The zero-order valence-corrected chi connectivity index (χ0v) is 18.4. The molecule has 0 unspecified atom stereocenters. The number of fused-ring (bicyclic) bond motifs is 1. The Balaban J connectivity index is 1.99. The van der Waals surface area contributed by atoms with Gasteiger partial charge in [-0.2, -0.15) is 4.52 Å². The van der Waals surface area contributed by atoms with E-state index < -0.39 is 0 Å². The van der Waals surface area contributed by atoms with Gasteiger partial charge < -0.3 is 15.5 Å². The predicted molar refractivity (Wildman–Crippen MR) is 116 cm³/mol. The molecule has 1 aromatic carbocycles. The number of aromatic nitrogens is 3. The van der Waals surface area contributed by atoms with Gasteiger partial charge in [-0.3, -0.25) is 4.79 Å². The molecule has 7 nitrogen and oxygen atoms in total. The van der Waals surface area contributed by atoms with Crippen LogP contribution in [0.4, 0.5) is 15.3 Å². The van der Waals surface area contributed by atoms with Crippen LogP contribution in [-0.4, -0.2) is 45.7 Å². The van der Waals surface area contributed by atoms with Crippen LogP contribution in [0.25, 0.3) is 16.2 Å². The van der Waals surface area contributed by atoms with E-state index in [1.165, 1.54) is 23.5 Å². The summed E-state index contributed by atoms with van der Waals surface area (Å²) in [5, 5.41) is 11.6. The number of carbonyl (C=O) groups is 1. The Kier molecular flexibility index (Phi) is 5.79. The van der Waals surface area contributed by atoms with Gasteiger partial charge in [-0.15, -0.1) is 5.10 Å². The number of carbonyl (C=O) groups excluding carboxylic acids is 1. The average Bonchev–Trinajstić information content (AvgIpc) is 3.12. The topological polar surface area (TPSA) is 74.6 Å². The van der Waals surface area contributed by atoms with E-state index in [1.807, 2.05) is 47.7 Å². The summed E-state index contributed by atoms with van der Waals surface area (Å²) in [6.07, 6.45) is 0. The molecule has 1 amide bonds. The number of benzene rings is 1. The summed E-state index contributed by atoms with van der Waals surface area (Å²) in [6, 6.07) is 6.45. The molecule has 2 heterocycles. The Morgan fingerprint density at radius 2 is 2.07 bits per heavy atom. The van der Waals surface area contributed by atoms with Crippen molar-refractivity contribution in [1.29, 1.82) is 0 Å². The second kappa shape index (κ2) is 7.98. The SMILES string of the molecule is CC(C)NC(=O)CN(C)c1nn2c(NC(C)(C)C)c(-c3cccc(F)c3)nc2s1. The normalized spacial score (nSPS) is 11.9. The zero-order chi connectivity index (χ0) is 21.3. The highest BCUT2D eigenvalue weighted by molar-refractivity contribution is 7.20. The van der Waals surface area contributed by atoms with E-state index in [0.717, 1.165) is 0 Å². The molecule has 0 saturated carbocycles. The summed E-state index contributed by atoms with van der Waals surface area (Å²) in [7, 11) is 1.82. The molecule has 0 bridgehead atoms. The first-order valence-corrected chi connectivity index (χ1v) is 10.3. The maximum atomic E-state index is 13.8. The molecule has 29 heavy (non-hydrogen) atoms. The van der Waals surface area contributed by atoms with Gasteiger partial charge in [0.1, 0.15) is 11.5 Å². The van der Waals surface area contributed by atoms with E-state index in [1.54, 1.807) is 15.5 Å². The minimum absolute atomic E-state index is 0.0659. The van der Waals surface area contributed by atoms with Crippen molar-refractivity contribution in [1.82, 2.24) is 19.9 Å². The van der Waals surface area contributed by atoms with Crippen LogP contribution in [0, 0.1) is 5.82 Å². The molecule has 0 aliphatic carbocycles. The summed E-state index contributed by atoms with van der Waals surface area (Å²) in [4.78, 5) is 19.2. The number of amides is 1. The van der Waals surface area contributed by atoms with Gasteiger partial charge in [0.25, 0.3) is 0 Å². The van der Waals surface area contributed by atoms with Gasteiger partial charge in [-0.1, -0.05) is 23.5 Å². The highest BCUT2D eigenvalue weighted by Gasteiger charge is 2.23. The molecular formula is C20H27FN6OS. The molecule has 0 aliphatic rings.